The van der Waals surface area contributed by atoms with Crippen molar-refractivity contribution in [3.63, 3.8) is 0 Å². The van der Waals surface area contributed by atoms with E-state index in [9.17, 15) is 14.4 Å². The summed E-state index contributed by atoms with van der Waals surface area (Å²) in [6.45, 7) is 1.78. The first kappa shape index (κ1) is 15.8. The Morgan fingerprint density at radius 3 is 2.52 bits per heavy atom. The van der Waals surface area contributed by atoms with E-state index in [4.69, 9.17) is 27.9 Å². The fraction of sp³-hybridized carbons (Fsp3) is 0.286. The van der Waals surface area contributed by atoms with Gasteiger partial charge in [-0.2, -0.15) is 5.10 Å². The molecule has 1 aromatic carbocycles. The molecule has 23 heavy (non-hydrogen) atoms. The number of hydrogen-bond acceptors (Lipinski definition) is 6. The molecule has 1 saturated heterocycles. The molecular weight excluding hydrogens is 345 g/mol. The average molecular weight is 356 g/mol. The molecule has 2 amide bonds. The van der Waals surface area contributed by atoms with Crippen molar-refractivity contribution in [2.24, 2.45) is 11.0 Å². The second-order valence-corrected chi connectivity index (χ2v) is 5.81. The maximum atomic E-state index is 12.6. The van der Waals surface area contributed by atoms with Crippen LogP contribution in [0.4, 0.5) is 5.69 Å². The van der Waals surface area contributed by atoms with Gasteiger partial charge in [-0.3, -0.25) is 15.0 Å². The third kappa shape index (κ3) is 2.55. The number of anilines is 1. The molecule has 3 rings (SSSR count). The van der Waals surface area contributed by atoms with E-state index in [0.717, 1.165) is 4.90 Å². The molecule has 2 atom stereocenters. The molecule has 1 N–H and O–H groups in total. The van der Waals surface area contributed by atoms with Gasteiger partial charge in [0.05, 0.1) is 12.3 Å². The molecule has 1 aromatic rings. The number of fused-ring (bicyclic) bond motifs is 1. The predicted molar refractivity (Wildman–Crippen MR) is 83.4 cm³/mol. The first-order valence-electron chi connectivity index (χ1n) is 6.78. The van der Waals surface area contributed by atoms with Crippen LogP contribution in [-0.2, 0) is 19.1 Å². The van der Waals surface area contributed by atoms with Gasteiger partial charge in [-0.1, -0.05) is 23.2 Å². The van der Waals surface area contributed by atoms with Gasteiger partial charge in [0.25, 0.3) is 5.91 Å². The lowest BCUT2D eigenvalue weighted by Crippen LogP contribution is -2.36. The number of carbonyl (C=O) groups is 3. The second kappa shape index (κ2) is 5.82. The molecule has 0 radical (unpaired) electrons. The summed E-state index contributed by atoms with van der Waals surface area (Å²) >= 11 is 11.8. The maximum Gasteiger partial charge on any atom is 0.355 e. The van der Waals surface area contributed by atoms with Crippen LogP contribution in [0.3, 0.4) is 0 Å². The number of amides is 2. The largest absolute Gasteiger partial charge is 0.461 e. The van der Waals surface area contributed by atoms with Gasteiger partial charge in [0, 0.05) is 10.0 Å². The zero-order valence-electron chi connectivity index (χ0n) is 11.9. The SMILES string of the molecule is CCOC(=O)C1=NN[C@H]2C(=O)N(c3cc(Cl)cc(Cl)c3)C(=O)[C@H]12. The molecule has 1 fully saturated rings. The Labute approximate surface area is 141 Å². The van der Waals surface area contributed by atoms with E-state index in [1.54, 1.807) is 6.92 Å². The minimum absolute atomic E-state index is 0.106. The zero-order chi connectivity index (χ0) is 16.7. The lowest BCUT2D eigenvalue weighted by atomic mass is 9.99. The van der Waals surface area contributed by atoms with Gasteiger partial charge >= 0.3 is 5.97 Å². The van der Waals surface area contributed by atoms with Crippen molar-refractivity contribution in [2.45, 2.75) is 13.0 Å². The van der Waals surface area contributed by atoms with Gasteiger partial charge in [0.2, 0.25) is 5.91 Å². The molecule has 2 heterocycles. The number of benzene rings is 1. The van der Waals surface area contributed by atoms with Gasteiger partial charge in [-0.25, -0.2) is 9.69 Å². The number of nitrogens with one attached hydrogen (secondary N) is 1. The molecule has 0 unspecified atom stereocenters. The maximum absolute atomic E-state index is 12.6. The Balaban J connectivity index is 1.95. The van der Waals surface area contributed by atoms with E-state index < -0.39 is 29.7 Å². The minimum atomic E-state index is -1.01. The number of esters is 1. The highest BCUT2D eigenvalue weighted by atomic mass is 35.5. The average Bonchev–Trinajstić information content (AvgIpc) is 2.99. The lowest BCUT2D eigenvalue weighted by molar-refractivity contribution is -0.136. The Morgan fingerprint density at radius 2 is 1.91 bits per heavy atom. The number of nitrogens with zero attached hydrogens (tertiary/aromatic N) is 2. The van der Waals surface area contributed by atoms with Crippen molar-refractivity contribution in [2.75, 3.05) is 11.5 Å². The number of imide groups is 1. The van der Waals surface area contributed by atoms with E-state index in [0.29, 0.717) is 0 Å². The lowest BCUT2D eigenvalue weighted by Gasteiger charge is -2.16. The van der Waals surface area contributed by atoms with Gasteiger partial charge < -0.3 is 4.74 Å². The van der Waals surface area contributed by atoms with Crippen molar-refractivity contribution in [3.05, 3.63) is 28.2 Å². The third-order valence-electron chi connectivity index (χ3n) is 3.51. The molecule has 7 nitrogen and oxygen atoms in total. The fourth-order valence-electron chi connectivity index (χ4n) is 2.59. The van der Waals surface area contributed by atoms with E-state index in [1.165, 1.54) is 18.2 Å². The van der Waals surface area contributed by atoms with Crippen molar-refractivity contribution >= 4 is 52.4 Å². The van der Waals surface area contributed by atoms with Gasteiger partial charge in [0.1, 0.15) is 12.0 Å². The molecule has 120 valence electrons. The van der Waals surface area contributed by atoms with Crippen LogP contribution in [0, 0.1) is 5.92 Å². The van der Waals surface area contributed by atoms with E-state index in [-0.39, 0.29) is 28.1 Å². The Kier molecular flexibility index (Phi) is 3.99. The summed E-state index contributed by atoms with van der Waals surface area (Å²) in [6, 6.07) is 3.46. The van der Waals surface area contributed by atoms with E-state index in [2.05, 4.69) is 10.5 Å². The van der Waals surface area contributed by atoms with Gasteiger partial charge in [-0.05, 0) is 25.1 Å². The van der Waals surface area contributed by atoms with Crippen molar-refractivity contribution in [1.29, 1.82) is 0 Å². The summed E-state index contributed by atoms with van der Waals surface area (Å²) in [5.74, 6) is -2.84. The highest BCUT2D eigenvalue weighted by molar-refractivity contribution is 6.46. The van der Waals surface area contributed by atoms with Crippen LogP contribution in [0.1, 0.15) is 6.92 Å². The monoisotopic (exact) mass is 355 g/mol. The van der Waals surface area contributed by atoms with Crippen LogP contribution < -0.4 is 10.3 Å². The van der Waals surface area contributed by atoms with Gasteiger partial charge in [-0.15, -0.1) is 0 Å². The molecule has 0 aliphatic carbocycles. The molecule has 0 aromatic heterocycles. The van der Waals surface area contributed by atoms with E-state index in [1.807, 2.05) is 0 Å². The van der Waals surface area contributed by atoms with Gasteiger partial charge in [0.15, 0.2) is 5.71 Å². The quantitative estimate of drug-likeness (QED) is 0.653. The van der Waals surface area contributed by atoms with E-state index >= 15 is 0 Å². The van der Waals surface area contributed by atoms with Crippen LogP contribution >= 0.6 is 23.2 Å². The number of halogens is 2. The van der Waals surface area contributed by atoms with Crippen molar-refractivity contribution < 1.29 is 19.1 Å². The molecular formula is C14H11Cl2N3O4. The van der Waals surface area contributed by atoms with Crippen LogP contribution in [0.25, 0.3) is 0 Å². The summed E-state index contributed by atoms with van der Waals surface area (Å²) in [6.07, 6.45) is 0. The summed E-state index contributed by atoms with van der Waals surface area (Å²) in [5.41, 5.74) is 2.67. The summed E-state index contributed by atoms with van der Waals surface area (Å²) in [5, 5.41) is 4.35. The van der Waals surface area contributed by atoms with Crippen molar-refractivity contribution in [3.8, 4) is 0 Å². The van der Waals surface area contributed by atoms with Crippen LogP contribution in [-0.4, -0.2) is 36.1 Å². The second-order valence-electron chi connectivity index (χ2n) is 4.94. The minimum Gasteiger partial charge on any atom is -0.461 e. The standard InChI is InChI=1S/C14H11Cl2N3O4/c1-2-23-14(22)11-9-10(17-18-11)13(21)19(12(9)20)8-4-6(15)3-7(16)5-8/h3-5,9-10,17H,2H2,1H3/t9-,10+/m0/s1. The predicted octanol–water partition coefficient (Wildman–Crippen LogP) is 1.37. The fourth-order valence-corrected chi connectivity index (χ4v) is 3.10. The Bertz CT molecular complexity index is 729. The first-order chi connectivity index (χ1) is 10.9. The molecule has 0 spiro atoms. The summed E-state index contributed by atoms with van der Waals surface area (Å²) in [4.78, 5) is 37.9. The molecule has 0 bridgehead atoms. The molecule has 2 aliphatic heterocycles. The van der Waals surface area contributed by atoms with Crippen LogP contribution in [0.5, 0.6) is 0 Å². The zero-order valence-corrected chi connectivity index (χ0v) is 13.4. The number of hydrazone groups is 1. The number of ether oxygens (including phenoxy) is 1. The summed E-state index contributed by atoms with van der Waals surface area (Å²) in [7, 11) is 0. The number of carbonyl (C=O) groups excluding carboxylic acids is 3. The highest BCUT2D eigenvalue weighted by Crippen LogP contribution is 2.33. The van der Waals surface area contributed by atoms with Crippen molar-refractivity contribution in [1.82, 2.24) is 5.43 Å². The molecule has 9 heteroatoms. The Hall–Kier alpha value is -2.12. The number of hydrogen-bond donors (Lipinski definition) is 1. The Morgan fingerprint density at radius 1 is 1.26 bits per heavy atom. The smallest absolute Gasteiger partial charge is 0.355 e. The van der Waals surface area contributed by atoms with Crippen LogP contribution in [0.15, 0.2) is 23.3 Å². The third-order valence-corrected chi connectivity index (χ3v) is 3.95. The molecule has 2 aliphatic rings. The number of rotatable bonds is 3. The topological polar surface area (TPSA) is 88.1 Å². The van der Waals surface area contributed by atoms with Crippen LogP contribution in [0.2, 0.25) is 10.0 Å². The first-order valence-corrected chi connectivity index (χ1v) is 7.53. The highest BCUT2D eigenvalue weighted by Gasteiger charge is 2.55. The molecule has 0 saturated carbocycles. The normalized spacial score (nSPS) is 22.7. The summed E-state index contributed by atoms with van der Waals surface area (Å²) < 4.78 is 4.86.